The molecule has 160 valence electrons. The summed E-state index contributed by atoms with van der Waals surface area (Å²) in [6.45, 7) is 8.76. The first kappa shape index (κ1) is 26.5. The smallest absolute Gasteiger partial charge is 0.356 e. The van der Waals surface area contributed by atoms with Gasteiger partial charge in [0.05, 0.1) is 41.0 Å². The summed E-state index contributed by atoms with van der Waals surface area (Å²) in [6, 6.07) is 0.226. The van der Waals surface area contributed by atoms with Gasteiger partial charge in [-0.3, -0.25) is 4.57 Å². The van der Waals surface area contributed by atoms with Crippen molar-refractivity contribution in [2.75, 3.05) is 47.3 Å². The van der Waals surface area contributed by atoms with Gasteiger partial charge in [0.2, 0.25) is 0 Å². The van der Waals surface area contributed by atoms with Crippen LogP contribution in [0.25, 0.3) is 0 Å². The highest BCUT2D eigenvalue weighted by Gasteiger charge is 2.32. The van der Waals surface area contributed by atoms with Crippen LogP contribution in [0.4, 0.5) is 0 Å². The van der Waals surface area contributed by atoms with Crippen molar-refractivity contribution in [2.24, 2.45) is 5.92 Å². The Morgan fingerprint density at radius 3 is 2.07 bits per heavy atom. The molecular weight excluding hydrogens is 365 g/mol. The summed E-state index contributed by atoms with van der Waals surface area (Å²) in [6.07, 6.45) is 9.12. The second kappa shape index (κ2) is 13.6. The second-order valence-electron chi connectivity index (χ2n) is 7.60. The molecule has 0 saturated carbocycles. The van der Waals surface area contributed by atoms with Crippen LogP contribution in [0.2, 0.25) is 0 Å². The normalized spacial score (nSPS) is 16.9. The van der Waals surface area contributed by atoms with Gasteiger partial charge < -0.3 is 23.4 Å². The van der Waals surface area contributed by atoms with E-state index in [9.17, 15) is 9.67 Å². The van der Waals surface area contributed by atoms with Gasteiger partial charge in [-0.2, -0.15) is 0 Å². The Labute approximate surface area is 166 Å². The summed E-state index contributed by atoms with van der Waals surface area (Å²) in [5, 5.41) is 10.6. The van der Waals surface area contributed by atoms with E-state index in [0.717, 1.165) is 17.3 Å². The van der Waals surface area contributed by atoms with Gasteiger partial charge in [-0.15, -0.1) is 0 Å². The Bertz CT molecular complexity index is 477. The zero-order valence-electron chi connectivity index (χ0n) is 18.3. The summed E-state index contributed by atoms with van der Waals surface area (Å²) >= 11 is 0. The molecule has 0 amide bonds. The van der Waals surface area contributed by atoms with Gasteiger partial charge in [0.1, 0.15) is 18.5 Å². The van der Waals surface area contributed by atoms with E-state index in [1.165, 1.54) is 0 Å². The summed E-state index contributed by atoms with van der Waals surface area (Å²) in [5.74, 6) is 0.191. The first-order valence-electron chi connectivity index (χ1n) is 9.88. The second-order valence-corrected chi connectivity index (χ2v) is 9.59. The molecule has 6 nitrogen and oxygen atoms in total. The molecule has 0 aliphatic heterocycles. The summed E-state index contributed by atoms with van der Waals surface area (Å²) in [5.41, 5.74) is 0. The molecule has 1 unspecified atom stereocenters. The topological polar surface area (TPSA) is 65.0 Å². The number of aliphatic hydroxyl groups is 1. The fourth-order valence-electron chi connectivity index (χ4n) is 3.01. The summed E-state index contributed by atoms with van der Waals surface area (Å²) in [7, 11) is 3.24. The fraction of sp³-hybridized carbons (Fsp3) is 0.800. The molecule has 0 heterocycles. The van der Waals surface area contributed by atoms with Gasteiger partial charge in [-0.05, 0) is 32.6 Å². The molecule has 7 heteroatoms. The lowest BCUT2D eigenvalue weighted by molar-refractivity contribution is -0.900. The number of hydrogen-bond acceptors (Lipinski definition) is 5. The molecule has 1 N–H and O–H groups in total. The van der Waals surface area contributed by atoms with Crippen molar-refractivity contribution in [1.82, 2.24) is 0 Å². The van der Waals surface area contributed by atoms with Crippen molar-refractivity contribution in [3.8, 4) is 0 Å². The lowest BCUT2D eigenvalue weighted by Crippen LogP contribution is -2.53. The van der Waals surface area contributed by atoms with Crippen molar-refractivity contribution in [3.05, 3.63) is 24.3 Å². The number of nitrogens with zero attached hydrogens (tertiary/aromatic N) is 1. The lowest BCUT2D eigenvalue weighted by Gasteiger charge is -2.38. The molecule has 0 radical (unpaired) electrons. The molecule has 0 aliphatic carbocycles. The van der Waals surface area contributed by atoms with Gasteiger partial charge in [0.25, 0.3) is 0 Å². The molecule has 0 spiro atoms. The maximum absolute atomic E-state index is 12.2. The number of hydrogen-bond donors (Lipinski definition) is 1. The number of aliphatic hydroxyl groups excluding tert-OH is 1. The number of allylic oxidation sites excluding steroid dienone is 3. The SMILES string of the molecule is CCOP(=O)(COC/C=C/C=C/C[C@@H](C)[C@@H](O)C(CC)[N+](C)(C)C)OCC. The predicted octanol–water partition coefficient (Wildman–Crippen LogP) is 4.21. The predicted molar refractivity (Wildman–Crippen MR) is 112 cm³/mol. The zero-order chi connectivity index (χ0) is 20.9. The van der Waals surface area contributed by atoms with Crippen molar-refractivity contribution in [2.45, 2.75) is 52.7 Å². The summed E-state index contributed by atoms with van der Waals surface area (Å²) < 4.78 is 28.7. The third-order valence-electron chi connectivity index (χ3n) is 4.40. The molecule has 0 bridgehead atoms. The largest absolute Gasteiger partial charge is 0.387 e. The first-order valence-corrected chi connectivity index (χ1v) is 11.6. The first-order chi connectivity index (χ1) is 12.6. The minimum absolute atomic E-state index is 0.0462. The number of rotatable bonds is 15. The van der Waals surface area contributed by atoms with E-state index in [4.69, 9.17) is 13.8 Å². The van der Waals surface area contributed by atoms with Gasteiger partial charge in [-0.25, -0.2) is 0 Å². The molecule has 0 rings (SSSR count). The van der Waals surface area contributed by atoms with E-state index in [0.29, 0.717) is 19.8 Å². The standard InChI is InChI=1S/C20H41NO5P/c1-8-19(21(5,6)7)20(22)18(4)15-13-11-12-14-16-24-17-27(23,25-9-2)26-10-3/h11-14,18-20,22H,8-10,15-17H2,1-7H3/q+1/b13-11+,14-12+/t18-,19?,20-/m1/s1. The van der Waals surface area contributed by atoms with Crippen LogP contribution in [0.5, 0.6) is 0 Å². The highest BCUT2D eigenvalue weighted by atomic mass is 31.2. The van der Waals surface area contributed by atoms with Crippen molar-refractivity contribution in [3.63, 3.8) is 0 Å². The van der Waals surface area contributed by atoms with Crippen molar-refractivity contribution >= 4 is 7.60 Å². The van der Waals surface area contributed by atoms with Crippen LogP contribution in [0.1, 0.15) is 40.5 Å². The molecule has 0 aromatic carbocycles. The Morgan fingerprint density at radius 1 is 1.04 bits per heavy atom. The van der Waals surface area contributed by atoms with Crippen LogP contribution >= 0.6 is 7.60 Å². The number of quaternary nitrogens is 1. The van der Waals surface area contributed by atoms with E-state index >= 15 is 0 Å². The average Bonchev–Trinajstić information content (AvgIpc) is 2.56. The Kier molecular flexibility index (Phi) is 13.4. The highest BCUT2D eigenvalue weighted by Crippen LogP contribution is 2.47. The van der Waals surface area contributed by atoms with Crippen LogP contribution in [0, 0.1) is 5.92 Å². The molecule has 3 atom stereocenters. The average molecular weight is 407 g/mol. The van der Waals surface area contributed by atoms with E-state index < -0.39 is 7.60 Å². The minimum Gasteiger partial charge on any atom is -0.387 e. The number of likely N-dealkylation sites (N-methyl/N-ethyl adjacent to an activating group) is 1. The minimum atomic E-state index is -3.13. The maximum atomic E-state index is 12.2. The molecule has 0 aliphatic rings. The van der Waals surface area contributed by atoms with Crippen molar-refractivity contribution in [1.29, 1.82) is 0 Å². The van der Waals surface area contributed by atoms with Gasteiger partial charge >= 0.3 is 7.60 Å². The molecule has 27 heavy (non-hydrogen) atoms. The third-order valence-corrected chi connectivity index (χ3v) is 6.20. The molecule has 0 saturated heterocycles. The summed E-state index contributed by atoms with van der Waals surface area (Å²) in [4.78, 5) is 0. The zero-order valence-corrected chi connectivity index (χ0v) is 19.2. The molecular formula is C20H41NO5P+. The Morgan fingerprint density at radius 2 is 1.59 bits per heavy atom. The Hall–Kier alpha value is -0.490. The third kappa shape index (κ3) is 11.2. The van der Waals surface area contributed by atoms with E-state index in [-0.39, 0.29) is 24.4 Å². The fourth-order valence-corrected chi connectivity index (χ4v) is 4.35. The van der Waals surface area contributed by atoms with Crippen LogP contribution in [0.3, 0.4) is 0 Å². The molecule has 0 aromatic heterocycles. The van der Waals surface area contributed by atoms with Crippen LogP contribution in [0.15, 0.2) is 24.3 Å². The maximum Gasteiger partial charge on any atom is 0.356 e. The van der Waals surface area contributed by atoms with E-state index in [1.54, 1.807) is 13.8 Å². The van der Waals surface area contributed by atoms with Gasteiger partial charge in [0.15, 0.2) is 0 Å². The van der Waals surface area contributed by atoms with Crippen LogP contribution < -0.4 is 0 Å². The quantitative estimate of drug-likeness (QED) is 0.191. The van der Waals surface area contributed by atoms with E-state index in [1.807, 2.05) is 18.2 Å². The Balaban J connectivity index is 4.26. The van der Waals surface area contributed by atoms with Crippen LogP contribution in [-0.4, -0.2) is 69.0 Å². The number of ether oxygens (including phenoxy) is 1. The van der Waals surface area contributed by atoms with Gasteiger partial charge in [-0.1, -0.05) is 38.2 Å². The van der Waals surface area contributed by atoms with Crippen LogP contribution in [-0.2, 0) is 18.3 Å². The van der Waals surface area contributed by atoms with E-state index in [2.05, 4.69) is 41.1 Å². The monoisotopic (exact) mass is 406 g/mol. The van der Waals surface area contributed by atoms with Gasteiger partial charge in [0, 0.05) is 0 Å². The highest BCUT2D eigenvalue weighted by molar-refractivity contribution is 7.53. The molecule has 0 fully saturated rings. The lowest BCUT2D eigenvalue weighted by atomic mass is 9.91. The molecule has 0 aromatic rings. The van der Waals surface area contributed by atoms with Crippen molar-refractivity contribution < 1.29 is 27.9 Å².